The summed E-state index contributed by atoms with van der Waals surface area (Å²) in [5.41, 5.74) is 2.25. The van der Waals surface area contributed by atoms with Crippen LogP contribution < -0.4 is 10.2 Å². The molecule has 2 rings (SSSR count). The van der Waals surface area contributed by atoms with Crippen LogP contribution in [-0.2, 0) is 6.54 Å². The molecule has 0 bridgehead atoms. The van der Waals surface area contributed by atoms with Gasteiger partial charge in [-0.3, -0.25) is 0 Å². The van der Waals surface area contributed by atoms with Crippen LogP contribution in [0.4, 0.5) is 10.1 Å². The van der Waals surface area contributed by atoms with Crippen molar-refractivity contribution in [3.63, 3.8) is 0 Å². The third kappa shape index (κ3) is 4.04. The molecule has 0 spiro atoms. The summed E-state index contributed by atoms with van der Waals surface area (Å²) in [5, 5.41) is 5.54. The van der Waals surface area contributed by atoms with Crippen molar-refractivity contribution in [3.8, 4) is 0 Å². The van der Waals surface area contributed by atoms with Gasteiger partial charge in [-0.15, -0.1) is 11.3 Å². The number of thiophene rings is 1. The quantitative estimate of drug-likeness (QED) is 0.815. The van der Waals surface area contributed by atoms with Crippen LogP contribution in [0.1, 0.15) is 10.4 Å². The topological polar surface area (TPSA) is 15.3 Å². The fraction of sp³-hybridized carbons (Fsp3) is 0.333. The SMILES string of the molecule is Cc1ccsc1CNCCN(C)c1cccc(F)c1. The third-order valence-electron chi connectivity index (χ3n) is 3.13. The molecule has 2 aromatic rings. The molecular formula is C15H19FN2S. The predicted octanol–water partition coefficient (Wildman–Crippen LogP) is 3.42. The Morgan fingerprint density at radius 2 is 2.16 bits per heavy atom. The molecule has 2 nitrogen and oxygen atoms in total. The Balaban J connectivity index is 1.75. The highest BCUT2D eigenvalue weighted by atomic mass is 32.1. The van der Waals surface area contributed by atoms with Crippen molar-refractivity contribution in [1.82, 2.24) is 5.32 Å². The van der Waals surface area contributed by atoms with Crippen LogP contribution in [0.2, 0.25) is 0 Å². The molecule has 19 heavy (non-hydrogen) atoms. The molecule has 0 fully saturated rings. The average molecular weight is 278 g/mol. The minimum absolute atomic E-state index is 0.188. The van der Waals surface area contributed by atoms with E-state index in [4.69, 9.17) is 0 Å². The Hall–Kier alpha value is -1.39. The molecule has 0 aliphatic carbocycles. The lowest BCUT2D eigenvalue weighted by Crippen LogP contribution is -2.28. The number of nitrogens with zero attached hydrogens (tertiary/aromatic N) is 1. The molecule has 0 saturated carbocycles. The molecule has 0 radical (unpaired) electrons. The molecule has 0 amide bonds. The van der Waals surface area contributed by atoms with E-state index in [1.807, 2.05) is 13.1 Å². The molecule has 1 aromatic heterocycles. The molecular weight excluding hydrogens is 259 g/mol. The molecule has 1 N–H and O–H groups in total. The summed E-state index contributed by atoms with van der Waals surface area (Å²) in [7, 11) is 1.98. The predicted molar refractivity (Wildman–Crippen MR) is 80.4 cm³/mol. The number of aryl methyl sites for hydroxylation is 1. The van der Waals surface area contributed by atoms with Gasteiger partial charge in [0.25, 0.3) is 0 Å². The largest absolute Gasteiger partial charge is 0.373 e. The lowest BCUT2D eigenvalue weighted by molar-refractivity contribution is 0.626. The van der Waals surface area contributed by atoms with E-state index in [0.717, 1.165) is 25.3 Å². The van der Waals surface area contributed by atoms with Crippen LogP contribution in [-0.4, -0.2) is 20.1 Å². The number of benzene rings is 1. The van der Waals surface area contributed by atoms with Gasteiger partial charge in [-0.05, 0) is 42.1 Å². The monoisotopic (exact) mass is 278 g/mol. The maximum Gasteiger partial charge on any atom is 0.125 e. The van der Waals surface area contributed by atoms with E-state index < -0.39 is 0 Å². The molecule has 102 valence electrons. The first-order valence-corrected chi connectivity index (χ1v) is 7.25. The highest BCUT2D eigenvalue weighted by Crippen LogP contribution is 2.15. The van der Waals surface area contributed by atoms with Crippen molar-refractivity contribution in [3.05, 3.63) is 52.0 Å². The molecule has 0 saturated heterocycles. The van der Waals surface area contributed by atoms with E-state index >= 15 is 0 Å². The van der Waals surface area contributed by atoms with Gasteiger partial charge in [0.05, 0.1) is 0 Å². The minimum Gasteiger partial charge on any atom is -0.373 e. The van der Waals surface area contributed by atoms with Crippen molar-refractivity contribution in [2.75, 3.05) is 25.0 Å². The number of halogens is 1. The van der Waals surface area contributed by atoms with Gasteiger partial charge >= 0.3 is 0 Å². The number of likely N-dealkylation sites (N-methyl/N-ethyl adjacent to an activating group) is 1. The van der Waals surface area contributed by atoms with Gasteiger partial charge in [0.1, 0.15) is 5.82 Å². The lowest BCUT2D eigenvalue weighted by atomic mass is 10.3. The maximum absolute atomic E-state index is 13.1. The molecule has 0 unspecified atom stereocenters. The Morgan fingerprint density at radius 1 is 1.32 bits per heavy atom. The first kappa shape index (κ1) is 14.0. The van der Waals surface area contributed by atoms with Crippen LogP contribution in [0.25, 0.3) is 0 Å². The van der Waals surface area contributed by atoms with E-state index in [9.17, 15) is 4.39 Å². The molecule has 1 aromatic carbocycles. The van der Waals surface area contributed by atoms with Crippen LogP contribution in [0.5, 0.6) is 0 Å². The van der Waals surface area contributed by atoms with E-state index in [-0.39, 0.29) is 5.82 Å². The number of rotatable bonds is 6. The first-order chi connectivity index (χ1) is 9.16. The van der Waals surface area contributed by atoms with Gasteiger partial charge in [0.15, 0.2) is 0 Å². The van der Waals surface area contributed by atoms with E-state index in [1.165, 1.54) is 16.5 Å². The minimum atomic E-state index is -0.188. The zero-order valence-corrected chi connectivity index (χ0v) is 12.1. The highest BCUT2D eigenvalue weighted by Gasteiger charge is 2.02. The summed E-state index contributed by atoms with van der Waals surface area (Å²) in [6.45, 7) is 4.77. The number of hydrogen-bond donors (Lipinski definition) is 1. The second-order valence-electron chi connectivity index (χ2n) is 4.60. The van der Waals surface area contributed by atoms with E-state index in [1.54, 1.807) is 23.5 Å². The van der Waals surface area contributed by atoms with Gasteiger partial charge in [0.2, 0.25) is 0 Å². The van der Waals surface area contributed by atoms with Crippen LogP contribution >= 0.6 is 11.3 Å². The van der Waals surface area contributed by atoms with Gasteiger partial charge in [-0.25, -0.2) is 4.39 Å². The van der Waals surface area contributed by atoms with E-state index in [2.05, 4.69) is 28.6 Å². The number of nitrogens with one attached hydrogen (secondary N) is 1. The van der Waals surface area contributed by atoms with Gasteiger partial charge in [0, 0.05) is 37.2 Å². The Kier molecular flexibility index (Phi) is 4.93. The second-order valence-corrected chi connectivity index (χ2v) is 5.61. The zero-order valence-electron chi connectivity index (χ0n) is 11.3. The summed E-state index contributed by atoms with van der Waals surface area (Å²) in [6, 6.07) is 8.83. The summed E-state index contributed by atoms with van der Waals surface area (Å²) in [6.07, 6.45) is 0. The first-order valence-electron chi connectivity index (χ1n) is 6.37. The zero-order chi connectivity index (χ0) is 13.7. The highest BCUT2D eigenvalue weighted by molar-refractivity contribution is 7.10. The van der Waals surface area contributed by atoms with Crippen molar-refractivity contribution in [2.45, 2.75) is 13.5 Å². The lowest BCUT2D eigenvalue weighted by Gasteiger charge is -2.19. The average Bonchev–Trinajstić information content (AvgIpc) is 2.80. The second kappa shape index (κ2) is 6.68. The summed E-state index contributed by atoms with van der Waals surface area (Å²) >= 11 is 1.78. The molecule has 0 aliphatic rings. The Bertz CT molecular complexity index is 524. The Labute approximate surface area is 117 Å². The molecule has 1 heterocycles. The van der Waals surface area contributed by atoms with E-state index in [0.29, 0.717) is 0 Å². The van der Waals surface area contributed by atoms with Crippen molar-refractivity contribution < 1.29 is 4.39 Å². The molecule has 4 heteroatoms. The summed E-state index contributed by atoms with van der Waals surface area (Å²) in [4.78, 5) is 3.44. The fourth-order valence-corrected chi connectivity index (χ4v) is 2.75. The van der Waals surface area contributed by atoms with Crippen LogP contribution in [0, 0.1) is 12.7 Å². The van der Waals surface area contributed by atoms with Crippen molar-refractivity contribution >= 4 is 17.0 Å². The fourth-order valence-electron chi connectivity index (χ4n) is 1.88. The van der Waals surface area contributed by atoms with Crippen LogP contribution in [0.3, 0.4) is 0 Å². The van der Waals surface area contributed by atoms with Crippen molar-refractivity contribution in [1.29, 1.82) is 0 Å². The van der Waals surface area contributed by atoms with Crippen LogP contribution in [0.15, 0.2) is 35.7 Å². The van der Waals surface area contributed by atoms with Gasteiger partial charge in [-0.1, -0.05) is 6.07 Å². The Morgan fingerprint density at radius 3 is 2.84 bits per heavy atom. The standard InChI is InChI=1S/C15H19FN2S/c1-12-6-9-19-15(12)11-17-7-8-18(2)14-5-3-4-13(16)10-14/h3-6,9-10,17H,7-8,11H2,1-2H3. The van der Waals surface area contributed by atoms with Crippen molar-refractivity contribution in [2.24, 2.45) is 0 Å². The molecule has 0 atom stereocenters. The maximum atomic E-state index is 13.1. The smallest absolute Gasteiger partial charge is 0.125 e. The third-order valence-corrected chi connectivity index (χ3v) is 4.15. The van der Waals surface area contributed by atoms with Gasteiger partial charge in [-0.2, -0.15) is 0 Å². The summed E-state index contributed by atoms with van der Waals surface area (Å²) in [5.74, 6) is -0.188. The summed E-state index contributed by atoms with van der Waals surface area (Å²) < 4.78 is 13.1. The number of hydrogen-bond acceptors (Lipinski definition) is 3. The normalized spacial score (nSPS) is 10.7. The number of anilines is 1. The van der Waals surface area contributed by atoms with Gasteiger partial charge < -0.3 is 10.2 Å². The molecule has 0 aliphatic heterocycles.